The van der Waals surface area contributed by atoms with E-state index in [1.165, 1.54) is 150 Å². The quantitative estimate of drug-likeness (QED) is 0.130. The Morgan fingerprint density at radius 3 is 0.510 bits per heavy atom. The lowest BCUT2D eigenvalue weighted by Crippen LogP contribution is -2.25. The zero-order valence-corrected chi connectivity index (χ0v) is 54.8. The van der Waals surface area contributed by atoms with Gasteiger partial charge in [-0.05, 0) is 222 Å². The summed E-state index contributed by atoms with van der Waals surface area (Å²) in [6, 6.07) is 130. The summed E-state index contributed by atoms with van der Waals surface area (Å²) in [4.78, 5) is 2.38. The van der Waals surface area contributed by atoms with E-state index in [4.69, 9.17) is 0 Å². The molecule has 0 saturated carbocycles. The first-order chi connectivity index (χ1) is 49.6. The van der Waals surface area contributed by atoms with E-state index in [0.717, 1.165) is 33.8 Å². The van der Waals surface area contributed by atoms with Gasteiger partial charge in [0, 0.05) is 17.1 Å². The molecule has 100 heavy (non-hydrogen) atoms. The van der Waals surface area contributed by atoms with E-state index in [1.54, 1.807) is 0 Å². The minimum Gasteiger partial charge on any atom is -0.311 e. The Morgan fingerprint density at radius 1 is 0.150 bits per heavy atom. The fourth-order valence-corrected chi connectivity index (χ4v) is 18.9. The number of fused-ring (bicyclic) bond motifs is 30. The summed E-state index contributed by atoms with van der Waals surface area (Å²) in [5.41, 5.74) is 41.0. The second kappa shape index (κ2) is 21.7. The number of rotatable bonds is 9. The van der Waals surface area contributed by atoms with Crippen LogP contribution in [0.1, 0.15) is 100 Å². The van der Waals surface area contributed by atoms with Crippen molar-refractivity contribution in [2.75, 3.05) is 4.90 Å². The highest BCUT2D eigenvalue weighted by Gasteiger charge is 2.54. The van der Waals surface area contributed by atoms with Gasteiger partial charge in [-0.1, -0.05) is 328 Å². The number of benzene rings is 15. The summed E-state index contributed by atoms with van der Waals surface area (Å²) in [6.45, 7) is 0. The highest BCUT2D eigenvalue weighted by molar-refractivity contribution is 6.00. The third-order valence-electron chi connectivity index (χ3n) is 22.9. The molecule has 6 aliphatic carbocycles. The Bertz CT molecular complexity index is 5250. The lowest BCUT2D eigenvalue weighted by atomic mass is 9.70. The van der Waals surface area contributed by atoms with Crippen LogP contribution >= 0.6 is 0 Å². The summed E-state index contributed by atoms with van der Waals surface area (Å²) in [6.07, 6.45) is 13.6. The fourth-order valence-electron chi connectivity index (χ4n) is 18.9. The van der Waals surface area contributed by atoms with E-state index in [9.17, 15) is 0 Å². The molecule has 15 aromatic rings. The first-order valence-corrected chi connectivity index (χ1v) is 35.0. The van der Waals surface area contributed by atoms with E-state index >= 15 is 0 Å². The Labute approximate surface area is 583 Å². The standard InChI is InChI=1S/C99H63N/c1-10-28-85-73(19-1)74-20-2-11-29-86(74)97(85)91-34-16-7-25-79(91)82-58-49-67(61-94(82)97)40-37-64-43-52-70(53-44-64)100(71-54-45-65(46-55-71)38-41-68-50-59-83-80-26-8-17-35-92(80)98(95(83)62-68)87-30-12-3-21-75(87)76-22-4-13-31-88(76)98)72-56-47-66(48-57-72)39-42-69-51-60-84-81-27-9-18-36-93(81)99(96(84)63-69)89-32-14-5-23-77(89)78-24-6-15-33-90(78)99/h1-63H. The molecule has 3 spiro atoms. The molecule has 464 valence electrons. The molecule has 0 heterocycles. The van der Waals surface area contributed by atoms with Crippen molar-refractivity contribution in [1.82, 2.24) is 0 Å². The molecule has 1 heteroatoms. The van der Waals surface area contributed by atoms with Crippen molar-refractivity contribution in [3.8, 4) is 66.8 Å². The predicted molar refractivity (Wildman–Crippen MR) is 416 cm³/mol. The molecule has 0 N–H and O–H groups in total. The molecule has 0 atom stereocenters. The van der Waals surface area contributed by atoms with Gasteiger partial charge in [-0.15, -0.1) is 0 Å². The Hall–Kier alpha value is -12.7. The molecular weight excluding hydrogens is 1200 g/mol. The maximum Gasteiger partial charge on any atom is 0.0725 e. The molecule has 0 amide bonds. The average Bonchev–Trinajstić information content (AvgIpc) is 1.53. The van der Waals surface area contributed by atoms with E-state index in [-0.39, 0.29) is 16.2 Å². The highest BCUT2D eigenvalue weighted by atomic mass is 15.1. The maximum absolute atomic E-state index is 2.45. The number of hydrogen-bond donors (Lipinski definition) is 0. The summed E-state index contributed by atoms with van der Waals surface area (Å²) in [5.74, 6) is 0. The van der Waals surface area contributed by atoms with Gasteiger partial charge in [-0.3, -0.25) is 0 Å². The average molecular weight is 1270 g/mol. The molecule has 15 aromatic carbocycles. The van der Waals surface area contributed by atoms with Crippen molar-refractivity contribution in [2.45, 2.75) is 16.2 Å². The largest absolute Gasteiger partial charge is 0.311 e. The fraction of sp³-hybridized carbons (Fsp3) is 0.0303. The van der Waals surface area contributed by atoms with Gasteiger partial charge in [0.15, 0.2) is 0 Å². The summed E-state index contributed by atoms with van der Waals surface area (Å²) >= 11 is 0. The first kappa shape index (κ1) is 56.5. The lowest BCUT2D eigenvalue weighted by Gasteiger charge is -2.30. The zero-order chi connectivity index (χ0) is 65.7. The van der Waals surface area contributed by atoms with Crippen LogP contribution in [0.25, 0.3) is 103 Å². The van der Waals surface area contributed by atoms with E-state index < -0.39 is 0 Å². The smallest absolute Gasteiger partial charge is 0.0725 e. The van der Waals surface area contributed by atoms with Gasteiger partial charge in [0.1, 0.15) is 0 Å². The van der Waals surface area contributed by atoms with E-state index in [0.29, 0.717) is 0 Å². The molecule has 21 rings (SSSR count). The molecule has 0 fully saturated rings. The number of nitrogens with zero attached hydrogens (tertiary/aromatic N) is 1. The SMILES string of the molecule is C(=Cc1ccc2c(c1)C1(c3ccccc3-c3ccccc31)c1ccccc1-2)c1ccc(N(c2ccc(C=Cc3ccc4c(c3)C3(c5ccccc5-c5ccccc53)c3ccccc3-4)cc2)c2ccc(C=Cc3ccc4c(c3)C3(c5ccccc5-c5ccccc53)c3ccccc3-4)cc2)cc1. The molecule has 0 bridgehead atoms. The van der Waals surface area contributed by atoms with Crippen LogP contribution in [0.15, 0.2) is 346 Å². The van der Waals surface area contributed by atoms with E-state index in [1.807, 2.05) is 0 Å². The summed E-state index contributed by atoms with van der Waals surface area (Å²) in [7, 11) is 0. The third-order valence-corrected chi connectivity index (χ3v) is 22.9. The Balaban J connectivity index is 0.616. The van der Waals surface area contributed by atoms with Crippen LogP contribution in [0.5, 0.6) is 0 Å². The molecule has 0 aliphatic heterocycles. The van der Waals surface area contributed by atoms with Crippen LogP contribution in [0.4, 0.5) is 17.1 Å². The van der Waals surface area contributed by atoms with Crippen molar-refractivity contribution < 1.29 is 0 Å². The van der Waals surface area contributed by atoms with E-state index in [2.05, 4.69) is 387 Å². The second-order valence-electron chi connectivity index (χ2n) is 27.7. The number of hydrogen-bond acceptors (Lipinski definition) is 1. The van der Waals surface area contributed by atoms with Crippen molar-refractivity contribution in [3.05, 3.63) is 446 Å². The van der Waals surface area contributed by atoms with Crippen molar-refractivity contribution in [1.29, 1.82) is 0 Å². The summed E-state index contributed by atoms with van der Waals surface area (Å²) in [5, 5.41) is 0. The molecule has 0 radical (unpaired) electrons. The zero-order valence-electron chi connectivity index (χ0n) is 54.8. The van der Waals surface area contributed by atoms with Gasteiger partial charge in [-0.25, -0.2) is 0 Å². The van der Waals surface area contributed by atoms with Crippen molar-refractivity contribution in [3.63, 3.8) is 0 Å². The highest BCUT2D eigenvalue weighted by Crippen LogP contribution is 2.66. The van der Waals surface area contributed by atoms with Gasteiger partial charge < -0.3 is 4.90 Å². The predicted octanol–water partition coefficient (Wildman–Crippen LogP) is 24.7. The summed E-state index contributed by atoms with van der Waals surface area (Å²) < 4.78 is 0. The minimum atomic E-state index is -0.385. The molecule has 0 unspecified atom stereocenters. The van der Waals surface area contributed by atoms with Crippen LogP contribution < -0.4 is 4.90 Å². The Kier molecular flexibility index (Phi) is 12.2. The van der Waals surface area contributed by atoms with Crippen LogP contribution in [0.2, 0.25) is 0 Å². The van der Waals surface area contributed by atoms with Crippen LogP contribution in [0.3, 0.4) is 0 Å². The van der Waals surface area contributed by atoms with Gasteiger partial charge in [-0.2, -0.15) is 0 Å². The van der Waals surface area contributed by atoms with Crippen molar-refractivity contribution in [2.24, 2.45) is 0 Å². The molecule has 0 saturated heterocycles. The van der Waals surface area contributed by atoms with Gasteiger partial charge in [0.25, 0.3) is 0 Å². The lowest BCUT2D eigenvalue weighted by molar-refractivity contribution is 0.793. The monoisotopic (exact) mass is 1270 g/mol. The Morgan fingerprint density at radius 2 is 0.310 bits per heavy atom. The van der Waals surface area contributed by atoms with Gasteiger partial charge in [0.05, 0.1) is 16.2 Å². The van der Waals surface area contributed by atoms with Gasteiger partial charge >= 0.3 is 0 Å². The van der Waals surface area contributed by atoms with Crippen LogP contribution in [-0.2, 0) is 16.2 Å². The van der Waals surface area contributed by atoms with Crippen molar-refractivity contribution >= 4 is 53.5 Å². The van der Waals surface area contributed by atoms with Crippen LogP contribution in [-0.4, -0.2) is 0 Å². The number of anilines is 3. The normalized spacial score (nSPS) is 14.5. The first-order valence-electron chi connectivity index (χ1n) is 35.0. The minimum absolute atomic E-state index is 0.385. The van der Waals surface area contributed by atoms with Crippen LogP contribution in [0, 0.1) is 0 Å². The second-order valence-corrected chi connectivity index (χ2v) is 27.7. The maximum atomic E-state index is 2.45. The van der Waals surface area contributed by atoms with Gasteiger partial charge in [0.2, 0.25) is 0 Å². The molecule has 0 aromatic heterocycles. The third kappa shape index (κ3) is 7.83. The topological polar surface area (TPSA) is 3.24 Å². The molecule has 1 nitrogen and oxygen atoms in total. The molecule has 6 aliphatic rings. The molecular formula is C99H63N.